The number of aliphatic hydroxyl groups is 1. The molecule has 2 heterocycles. The van der Waals surface area contributed by atoms with Crippen LogP contribution in [0.15, 0.2) is 24.4 Å². The molecule has 3 aliphatic rings. The van der Waals surface area contributed by atoms with Crippen LogP contribution < -0.4 is 10.6 Å². The summed E-state index contributed by atoms with van der Waals surface area (Å²) in [6.07, 6.45) is 7.98. The second-order valence-electron chi connectivity index (χ2n) is 10.2. The van der Waals surface area contributed by atoms with Gasteiger partial charge in [-0.3, -0.25) is 14.0 Å². The van der Waals surface area contributed by atoms with E-state index in [4.69, 9.17) is 0 Å². The van der Waals surface area contributed by atoms with E-state index in [-0.39, 0.29) is 30.2 Å². The fourth-order valence-corrected chi connectivity index (χ4v) is 5.75. The minimum absolute atomic E-state index is 0.105. The lowest BCUT2D eigenvalue weighted by Gasteiger charge is -2.60. The topological polar surface area (TPSA) is 95.7 Å². The molecule has 7 heteroatoms. The second-order valence-corrected chi connectivity index (χ2v) is 10.2. The summed E-state index contributed by atoms with van der Waals surface area (Å²) in [5.74, 6) is 1.58. The minimum Gasteiger partial charge on any atom is -0.394 e. The number of hydrogen-bond acceptors (Lipinski definition) is 4. The van der Waals surface area contributed by atoms with Crippen molar-refractivity contribution < 1.29 is 14.7 Å². The van der Waals surface area contributed by atoms with E-state index in [1.54, 1.807) is 28.8 Å². The van der Waals surface area contributed by atoms with Crippen molar-refractivity contribution in [1.29, 1.82) is 0 Å². The summed E-state index contributed by atoms with van der Waals surface area (Å²) in [6, 6.07) is 5.04. The summed E-state index contributed by atoms with van der Waals surface area (Å²) in [5.41, 5.74) is 1.66. The first-order valence-corrected chi connectivity index (χ1v) is 12.0. The summed E-state index contributed by atoms with van der Waals surface area (Å²) in [7, 11) is 0. The number of pyridine rings is 1. The van der Waals surface area contributed by atoms with E-state index < -0.39 is 0 Å². The van der Waals surface area contributed by atoms with Gasteiger partial charge in [0.05, 0.1) is 12.6 Å². The van der Waals surface area contributed by atoms with Crippen molar-refractivity contribution in [2.24, 2.45) is 23.2 Å². The Bertz CT molecular complexity index is 981. The van der Waals surface area contributed by atoms with Gasteiger partial charge in [0.25, 0.3) is 11.8 Å². The molecule has 0 spiro atoms. The van der Waals surface area contributed by atoms with Gasteiger partial charge in [-0.25, -0.2) is 4.98 Å². The predicted molar refractivity (Wildman–Crippen MR) is 123 cm³/mol. The summed E-state index contributed by atoms with van der Waals surface area (Å²) >= 11 is 0. The monoisotopic (exact) mass is 440 g/mol. The van der Waals surface area contributed by atoms with Crippen molar-refractivity contribution in [3.05, 3.63) is 35.8 Å². The predicted octanol–water partition coefficient (Wildman–Crippen LogP) is 3.42. The summed E-state index contributed by atoms with van der Waals surface area (Å²) in [5, 5.41) is 15.5. The molecule has 0 saturated heterocycles. The number of unbranched alkanes of at least 4 members (excludes halogenated alkanes) is 1. The molecule has 2 bridgehead atoms. The largest absolute Gasteiger partial charge is 0.394 e. The molecule has 0 radical (unpaired) electrons. The molecule has 0 aromatic carbocycles. The van der Waals surface area contributed by atoms with Crippen molar-refractivity contribution >= 4 is 17.5 Å². The van der Waals surface area contributed by atoms with E-state index in [0.717, 1.165) is 25.2 Å². The Morgan fingerprint density at radius 3 is 2.78 bits per heavy atom. The maximum Gasteiger partial charge on any atom is 0.271 e. The van der Waals surface area contributed by atoms with Crippen LogP contribution in [0.2, 0.25) is 0 Å². The van der Waals surface area contributed by atoms with E-state index in [0.29, 0.717) is 35.1 Å². The average Bonchev–Trinajstić information content (AvgIpc) is 3.24. The highest BCUT2D eigenvalue weighted by atomic mass is 16.3. The third-order valence-electron chi connectivity index (χ3n) is 7.95. The van der Waals surface area contributed by atoms with E-state index in [2.05, 4.69) is 36.4 Å². The fraction of sp³-hybridized carbons (Fsp3) is 0.640. The van der Waals surface area contributed by atoms with Crippen LogP contribution in [0.25, 0.3) is 5.65 Å². The van der Waals surface area contributed by atoms with Crippen molar-refractivity contribution in [2.75, 3.05) is 13.2 Å². The highest BCUT2D eigenvalue weighted by Gasteiger charge is 2.53. The van der Waals surface area contributed by atoms with Crippen LogP contribution in [-0.4, -0.2) is 45.5 Å². The van der Waals surface area contributed by atoms with Gasteiger partial charge in [0.15, 0.2) is 0 Å². The molecule has 174 valence electrons. The highest BCUT2D eigenvalue weighted by molar-refractivity contribution is 5.95. The van der Waals surface area contributed by atoms with E-state index in [1.807, 2.05) is 0 Å². The van der Waals surface area contributed by atoms with Crippen molar-refractivity contribution in [2.45, 2.75) is 65.3 Å². The molecule has 0 unspecified atom stereocenters. The molecule has 3 fully saturated rings. The average molecular weight is 441 g/mol. The van der Waals surface area contributed by atoms with Gasteiger partial charge in [0.2, 0.25) is 0 Å². The Morgan fingerprint density at radius 1 is 1.28 bits per heavy atom. The second kappa shape index (κ2) is 9.22. The zero-order valence-electron chi connectivity index (χ0n) is 19.4. The number of hydrogen-bond donors (Lipinski definition) is 3. The number of rotatable bonds is 9. The maximum absolute atomic E-state index is 13.0. The Labute approximate surface area is 190 Å². The zero-order valence-corrected chi connectivity index (χ0v) is 19.4. The van der Waals surface area contributed by atoms with Gasteiger partial charge in [0, 0.05) is 12.7 Å². The van der Waals surface area contributed by atoms with Crippen molar-refractivity contribution in [1.82, 2.24) is 20.0 Å². The lowest BCUT2D eigenvalue weighted by Crippen LogP contribution is -2.54. The molecule has 2 aromatic heterocycles. The molecule has 2 aromatic rings. The van der Waals surface area contributed by atoms with E-state index >= 15 is 0 Å². The number of aliphatic hydroxyl groups excluding tert-OH is 1. The number of carbonyl (C=O) groups is 2. The maximum atomic E-state index is 13.0. The summed E-state index contributed by atoms with van der Waals surface area (Å²) in [4.78, 5) is 30.1. The highest BCUT2D eigenvalue weighted by Crippen LogP contribution is 2.61. The van der Waals surface area contributed by atoms with Crippen LogP contribution in [0.5, 0.6) is 0 Å². The molecule has 4 atom stereocenters. The first-order valence-electron chi connectivity index (χ1n) is 12.0. The third-order valence-corrected chi connectivity index (χ3v) is 7.95. The molecule has 0 aliphatic heterocycles. The molecule has 3 aliphatic carbocycles. The SMILES string of the molecule is CCCC[C@@H](CO)NC(=O)c1cn2c(C(=O)NC[C@@H]3CC[C@H]4C[C@@H]3C4(C)C)cccc2n1. The smallest absolute Gasteiger partial charge is 0.271 e. The summed E-state index contributed by atoms with van der Waals surface area (Å²) in [6.45, 7) is 7.38. The molecule has 7 nitrogen and oxygen atoms in total. The molecule has 3 N–H and O–H groups in total. The van der Waals surface area contributed by atoms with Crippen molar-refractivity contribution in [3.8, 4) is 0 Å². The Hall–Kier alpha value is -2.41. The van der Waals surface area contributed by atoms with Crippen LogP contribution in [0.4, 0.5) is 0 Å². The van der Waals surface area contributed by atoms with Crippen LogP contribution in [0, 0.1) is 23.2 Å². The van der Waals surface area contributed by atoms with Crippen LogP contribution in [0.1, 0.15) is 80.3 Å². The van der Waals surface area contributed by atoms with E-state index in [1.165, 1.54) is 19.3 Å². The number of aromatic nitrogens is 2. The van der Waals surface area contributed by atoms with Gasteiger partial charge < -0.3 is 15.7 Å². The van der Waals surface area contributed by atoms with Crippen LogP contribution in [-0.2, 0) is 0 Å². The number of imidazole rings is 1. The standard InChI is InChI=1S/C25H36N4O3/c1-4-5-7-18(15-30)27-23(31)20-14-29-21(8-6-9-22(29)28-20)24(32)26-13-16-10-11-17-12-19(16)25(17,2)3/h6,8-9,14,16-19,30H,4-5,7,10-13,15H2,1-3H3,(H,26,32)(H,27,31)/t16-,17-,18-,19-/m0/s1. The molecule has 5 rings (SSSR count). The lowest BCUT2D eigenvalue weighted by molar-refractivity contribution is -0.103. The lowest BCUT2D eigenvalue weighted by atomic mass is 9.45. The minimum atomic E-state index is -0.334. The molecular formula is C25H36N4O3. The van der Waals surface area contributed by atoms with Gasteiger partial charge in [-0.05, 0) is 61.0 Å². The van der Waals surface area contributed by atoms with E-state index in [9.17, 15) is 14.7 Å². The molecule has 32 heavy (non-hydrogen) atoms. The number of fused-ring (bicyclic) bond motifs is 3. The third kappa shape index (κ3) is 4.27. The summed E-state index contributed by atoms with van der Waals surface area (Å²) < 4.78 is 1.68. The quantitative estimate of drug-likeness (QED) is 0.557. The number of carbonyl (C=O) groups excluding carboxylic acids is 2. The molecular weight excluding hydrogens is 404 g/mol. The Kier molecular flexibility index (Phi) is 6.56. The van der Waals surface area contributed by atoms with Gasteiger partial charge in [-0.2, -0.15) is 0 Å². The first-order chi connectivity index (χ1) is 15.3. The molecule has 2 amide bonds. The number of nitrogens with zero attached hydrogens (tertiary/aromatic N) is 2. The first kappa shape index (κ1) is 22.8. The van der Waals surface area contributed by atoms with Gasteiger partial charge in [-0.1, -0.05) is 39.7 Å². The fourth-order valence-electron chi connectivity index (χ4n) is 5.75. The zero-order chi connectivity index (χ0) is 22.9. The Morgan fingerprint density at radius 2 is 2.09 bits per heavy atom. The van der Waals surface area contributed by atoms with Crippen molar-refractivity contribution in [3.63, 3.8) is 0 Å². The van der Waals surface area contributed by atoms with Crippen LogP contribution >= 0.6 is 0 Å². The Balaban J connectivity index is 1.43. The number of nitrogens with one attached hydrogen (secondary N) is 2. The number of amides is 2. The van der Waals surface area contributed by atoms with Gasteiger partial charge in [-0.15, -0.1) is 0 Å². The van der Waals surface area contributed by atoms with Crippen LogP contribution in [0.3, 0.4) is 0 Å². The van der Waals surface area contributed by atoms with Gasteiger partial charge >= 0.3 is 0 Å². The normalized spacial score (nSPS) is 24.6. The molecule has 3 saturated carbocycles. The van der Waals surface area contributed by atoms with Gasteiger partial charge in [0.1, 0.15) is 17.0 Å².